The monoisotopic (exact) mass is 234 g/mol. The molecule has 0 radical (unpaired) electrons. The largest absolute Gasteiger partial charge is 0.469 e. The average Bonchev–Trinajstić information content (AvgIpc) is 2.77. The fourth-order valence-corrected chi connectivity index (χ4v) is 3.36. The minimum Gasteiger partial charge on any atom is -0.469 e. The number of furan rings is 1. The number of hydrogen-bond acceptors (Lipinski definition) is 3. The van der Waals surface area contributed by atoms with Crippen molar-refractivity contribution in [2.24, 2.45) is 5.92 Å². The van der Waals surface area contributed by atoms with E-state index in [1.165, 1.54) is 24.3 Å². The number of hydrogen-bond donors (Lipinski definition) is 1. The standard InChI is InChI=1S/C14H22N2O/c1-10(2)8-16-9-11-4-6-17-14(11)12-7-15-5-3-13(12)16/h4,6,10,12-13,15H,3,5,7-9H2,1-2H3. The number of nitrogens with zero attached hydrogens (tertiary/aromatic N) is 1. The Balaban J connectivity index is 1.88. The molecule has 1 saturated heterocycles. The van der Waals surface area contributed by atoms with Crippen molar-refractivity contribution in [3.05, 3.63) is 23.7 Å². The Bertz CT molecular complexity index is 385. The van der Waals surface area contributed by atoms with Crippen LogP contribution < -0.4 is 5.32 Å². The van der Waals surface area contributed by atoms with Crippen molar-refractivity contribution < 1.29 is 4.42 Å². The molecule has 2 aliphatic heterocycles. The Kier molecular flexibility index (Phi) is 2.97. The molecule has 0 aromatic carbocycles. The van der Waals surface area contributed by atoms with E-state index in [4.69, 9.17) is 4.42 Å². The lowest BCUT2D eigenvalue weighted by molar-refractivity contribution is 0.0952. The van der Waals surface area contributed by atoms with Gasteiger partial charge in [-0.05, 0) is 24.9 Å². The van der Waals surface area contributed by atoms with E-state index in [2.05, 4.69) is 30.1 Å². The van der Waals surface area contributed by atoms with E-state index in [0.717, 1.165) is 25.6 Å². The molecule has 1 aromatic rings. The topological polar surface area (TPSA) is 28.4 Å². The van der Waals surface area contributed by atoms with Crippen molar-refractivity contribution in [3.63, 3.8) is 0 Å². The fourth-order valence-electron chi connectivity index (χ4n) is 3.36. The summed E-state index contributed by atoms with van der Waals surface area (Å²) in [6.45, 7) is 9.10. The zero-order valence-electron chi connectivity index (χ0n) is 10.8. The highest BCUT2D eigenvalue weighted by molar-refractivity contribution is 5.27. The highest BCUT2D eigenvalue weighted by Gasteiger charge is 2.38. The van der Waals surface area contributed by atoms with E-state index < -0.39 is 0 Å². The van der Waals surface area contributed by atoms with E-state index in [1.807, 2.05) is 6.26 Å². The average molecular weight is 234 g/mol. The lowest BCUT2D eigenvalue weighted by Gasteiger charge is -2.43. The molecule has 3 rings (SSSR count). The van der Waals surface area contributed by atoms with Gasteiger partial charge in [0.1, 0.15) is 5.76 Å². The van der Waals surface area contributed by atoms with E-state index in [1.54, 1.807) is 0 Å². The maximum absolute atomic E-state index is 5.71. The zero-order valence-corrected chi connectivity index (χ0v) is 10.8. The number of fused-ring (bicyclic) bond motifs is 3. The van der Waals surface area contributed by atoms with Crippen LogP contribution in [0.2, 0.25) is 0 Å². The van der Waals surface area contributed by atoms with Crippen molar-refractivity contribution in [2.75, 3.05) is 19.6 Å². The molecule has 0 saturated carbocycles. The first-order valence-electron chi connectivity index (χ1n) is 6.76. The van der Waals surface area contributed by atoms with E-state index >= 15 is 0 Å². The summed E-state index contributed by atoms with van der Waals surface area (Å²) in [4.78, 5) is 2.66. The van der Waals surface area contributed by atoms with Crippen LogP contribution in [-0.4, -0.2) is 30.6 Å². The van der Waals surface area contributed by atoms with Gasteiger partial charge in [-0.1, -0.05) is 13.8 Å². The van der Waals surface area contributed by atoms with Crippen molar-refractivity contribution in [3.8, 4) is 0 Å². The van der Waals surface area contributed by atoms with Crippen molar-refractivity contribution in [1.29, 1.82) is 0 Å². The van der Waals surface area contributed by atoms with E-state index in [9.17, 15) is 0 Å². The van der Waals surface area contributed by atoms with Crippen LogP contribution in [0.3, 0.4) is 0 Å². The highest BCUT2D eigenvalue weighted by Crippen LogP contribution is 2.36. The summed E-state index contributed by atoms with van der Waals surface area (Å²) < 4.78 is 5.71. The lowest BCUT2D eigenvalue weighted by atomic mass is 9.84. The number of nitrogens with one attached hydrogen (secondary N) is 1. The van der Waals surface area contributed by atoms with Crippen molar-refractivity contribution in [2.45, 2.75) is 38.8 Å². The molecule has 0 spiro atoms. The van der Waals surface area contributed by atoms with Crippen LogP contribution in [0, 0.1) is 5.92 Å². The molecule has 2 atom stereocenters. The minimum absolute atomic E-state index is 0.557. The van der Waals surface area contributed by atoms with Crippen LogP contribution in [0.1, 0.15) is 37.5 Å². The quantitative estimate of drug-likeness (QED) is 0.850. The van der Waals surface area contributed by atoms with E-state index in [0.29, 0.717) is 12.0 Å². The summed E-state index contributed by atoms with van der Waals surface area (Å²) in [5, 5.41) is 3.50. The molecule has 2 unspecified atom stereocenters. The molecule has 0 bridgehead atoms. The van der Waals surface area contributed by atoms with Crippen LogP contribution in [0.15, 0.2) is 16.7 Å². The second kappa shape index (κ2) is 4.46. The van der Waals surface area contributed by atoms with Gasteiger partial charge in [-0.3, -0.25) is 4.90 Å². The van der Waals surface area contributed by atoms with Gasteiger partial charge in [-0.25, -0.2) is 0 Å². The molecular weight excluding hydrogens is 212 g/mol. The van der Waals surface area contributed by atoms with Gasteiger partial charge in [0.25, 0.3) is 0 Å². The Morgan fingerprint density at radius 2 is 2.41 bits per heavy atom. The second-order valence-electron chi connectivity index (χ2n) is 5.80. The predicted molar refractivity (Wildman–Crippen MR) is 68.0 cm³/mol. The molecule has 2 aliphatic rings. The molecule has 1 aromatic heterocycles. The Morgan fingerprint density at radius 3 is 3.24 bits per heavy atom. The summed E-state index contributed by atoms with van der Waals surface area (Å²) in [7, 11) is 0. The molecule has 94 valence electrons. The second-order valence-corrected chi connectivity index (χ2v) is 5.80. The van der Waals surface area contributed by atoms with Crippen LogP contribution >= 0.6 is 0 Å². The lowest BCUT2D eigenvalue weighted by Crippen LogP contribution is -2.51. The third-order valence-electron chi connectivity index (χ3n) is 4.01. The van der Waals surface area contributed by atoms with Gasteiger partial charge in [0.05, 0.1) is 6.26 Å². The van der Waals surface area contributed by atoms with Gasteiger partial charge in [0.2, 0.25) is 0 Å². The Labute approximate surface area is 103 Å². The molecule has 3 nitrogen and oxygen atoms in total. The van der Waals surface area contributed by atoms with Crippen LogP contribution in [0.5, 0.6) is 0 Å². The summed E-state index contributed by atoms with van der Waals surface area (Å²) in [6.07, 6.45) is 3.10. The van der Waals surface area contributed by atoms with Crippen molar-refractivity contribution in [1.82, 2.24) is 10.2 Å². The minimum atomic E-state index is 0.557. The van der Waals surface area contributed by atoms with Gasteiger partial charge >= 0.3 is 0 Å². The maximum Gasteiger partial charge on any atom is 0.114 e. The molecular formula is C14H22N2O. The Morgan fingerprint density at radius 1 is 1.53 bits per heavy atom. The molecule has 17 heavy (non-hydrogen) atoms. The smallest absolute Gasteiger partial charge is 0.114 e. The maximum atomic E-state index is 5.71. The zero-order chi connectivity index (χ0) is 11.8. The molecule has 1 fully saturated rings. The highest BCUT2D eigenvalue weighted by atomic mass is 16.3. The van der Waals surface area contributed by atoms with E-state index in [-0.39, 0.29) is 0 Å². The van der Waals surface area contributed by atoms with Gasteiger partial charge in [0, 0.05) is 37.2 Å². The first-order chi connectivity index (χ1) is 8.25. The summed E-state index contributed by atoms with van der Waals surface area (Å²) in [5.41, 5.74) is 1.40. The van der Waals surface area contributed by atoms with Crippen molar-refractivity contribution >= 4 is 0 Å². The normalized spacial score (nSPS) is 29.1. The number of piperidine rings is 1. The van der Waals surface area contributed by atoms with Crippen LogP contribution in [0.4, 0.5) is 0 Å². The first-order valence-corrected chi connectivity index (χ1v) is 6.76. The van der Waals surface area contributed by atoms with Gasteiger partial charge in [-0.2, -0.15) is 0 Å². The van der Waals surface area contributed by atoms with Gasteiger partial charge < -0.3 is 9.73 Å². The molecule has 0 aliphatic carbocycles. The third-order valence-corrected chi connectivity index (χ3v) is 4.01. The summed E-state index contributed by atoms with van der Waals surface area (Å²) in [6, 6.07) is 2.82. The van der Waals surface area contributed by atoms with Gasteiger partial charge in [-0.15, -0.1) is 0 Å². The molecule has 3 heteroatoms. The first kappa shape index (κ1) is 11.3. The summed E-state index contributed by atoms with van der Waals surface area (Å²) in [5.74, 6) is 2.53. The predicted octanol–water partition coefficient (Wildman–Crippen LogP) is 2.20. The fraction of sp³-hybridized carbons (Fsp3) is 0.714. The molecule has 0 amide bonds. The third kappa shape index (κ3) is 2.02. The molecule has 1 N–H and O–H groups in total. The Hall–Kier alpha value is -0.800. The summed E-state index contributed by atoms with van der Waals surface area (Å²) >= 11 is 0. The number of rotatable bonds is 2. The molecule has 3 heterocycles. The van der Waals surface area contributed by atoms with Gasteiger partial charge in [0.15, 0.2) is 0 Å². The SMILES string of the molecule is CC(C)CN1Cc2ccoc2C2CNCCC21. The van der Waals surface area contributed by atoms with Crippen LogP contribution in [0.25, 0.3) is 0 Å². The van der Waals surface area contributed by atoms with Crippen LogP contribution in [-0.2, 0) is 6.54 Å².